The van der Waals surface area contributed by atoms with Gasteiger partial charge in [0.2, 0.25) is 0 Å². The molecule has 0 aliphatic carbocycles. The topological polar surface area (TPSA) is 86.0 Å². The van der Waals surface area contributed by atoms with E-state index in [2.05, 4.69) is 10.3 Å². The van der Waals surface area contributed by atoms with E-state index in [4.69, 9.17) is 22.0 Å². The van der Waals surface area contributed by atoms with Gasteiger partial charge in [0.1, 0.15) is 5.69 Å². The first-order chi connectivity index (χ1) is 9.10. The molecule has 0 bridgehead atoms. The van der Waals surface area contributed by atoms with Crippen LogP contribution in [0.5, 0.6) is 0 Å². The molecule has 0 radical (unpaired) electrons. The molecule has 0 atom stereocenters. The summed E-state index contributed by atoms with van der Waals surface area (Å²) in [5.74, 6) is -1.11. The van der Waals surface area contributed by atoms with Gasteiger partial charge < -0.3 is 10.4 Å². The molecule has 6 heteroatoms. The van der Waals surface area contributed by atoms with Crippen molar-refractivity contribution in [3.05, 3.63) is 52.8 Å². The minimum absolute atomic E-state index is 0.0717. The number of aromatic carboxylic acids is 1. The number of pyridine rings is 1. The fourth-order valence-electron chi connectivity index (χ4n) is 1.47. The molecule has 0 aliphatic rings. The van der Waals surface area contributed by atoms with Crippen LogP contribution < -0.4 is 5.32 Å². The molecular formula is C13H8ClN3O2. The van der Waals surface area contributed by atoms with Crippen molar-refractivity contribution in [1.29, 1.82) is 5.26 Å². The highest BCUT2D eigenvalue weighted by atomic mass is 35.5. The number of hydrogen-bond donors (Lipinski definition) is 2. The monoisotopic (exact) mass is 273 g/mol. The first-order valence-electron chi connectivity index (χ1n) is 5.26. The number of nitriles is 1. The minimum atomic E-state index is -1.11. The third kappa shape index (κ3) is 3.00. The number of nitrogens with one attached hydrogen (secondary N) is 1. The number of carbonyl (C=O) groups is 1. The van der Waals surface area contributed by atoms with Crippen LogP contribution >= 0.6 is 11.6 Å². The van der Waals surface area contributed by atoms with Crippen molar-refractivity contribution in [1.82, 2.24) is 4.98 Å². The Labute approximate surface area is 114 Å². The molecule has 5 nitrogen and oxygen atoms in total. The van der Waals surface area contributed by atoms with Crippen LogP contribution in [0.1, 0.15) is 16.1 Å². The number of halogens is 1. The number of rotatable bonds is 3. The fourth-order valence-corrected chi connectivity index (χ4v) is 1.64. The predicted molar refractivity (Wildman–Crippen MR) is 70.6 cm³/mol. The molecule has 0 saturated heterocycles. The van der Waals surface area contributed by atoms with E-state index in [1.165, 1.54) is 12.3 Å². The first kappa shape index (κ1) is 12.9. The van der Waals surface area contributed by atoms with E-state index in [1.54, 1.807) is 24.3 Å². The predicted octanol–water partition coefficient (Wildman–Crippen LogP) is 3.05. The smallest absolute Gasteiger partial charge is 0.354 e. The largest absolute Gasteiger partial charge is 0.477 e. The zero-order valence-corrected chi connectivity index (χ0v) is 10.3. The van der Waals surface area contributed by atoms with Crippen LogP contribution in [-0.4, -0.2) is 16.1 Å². The van der Waals surface area contributed by atoms with Gasteiger partial charge in [-0.3, -0.25) is 0 Å². The Hall–Kier alpha value is -2.58. The van der Waals surface area contributed by atoms with E-state index in [0.29, 0.717) is 22.0 Å². The lowest BCUT2D eigenvalue weighted by atomic mass is 10.2. The lowest BCUT2D eigenvalue weighted by Gasteiger charge is -2.09. The molecule has 0 saturated carbocycles. The van der Waals surface area contributed by atoms with Crippen molar-refractivity contribution in [2.75, 3.05) is 5.32 Å². The second-order valence-electron chi connectivity index (χ2n) is 3.67. The lowest BCUT2D eigenvalue weighted by molar-refractivity contribution is 0.0690. The SMILES string of the molecule is N#Cc1ccc(Cl)c(Nc2ccnc(C(=O)O)c2)c1. The zero-order valence-electron chi connectivity index (χ0n) is 9.59. The van der Waals surface area contributed by atoms with Crippen molar-refractivity contribution >= 4 is 28.9 Å². The molecule has 1 heterocycles. The maximum atomic E-state index is 10.8. The zero-order chi connectivity index (χ0) is 13.8. The van der Waals surface area contributed by atoms with Crippen molar-refractivity contribution in [2.45, 2.75) is 0 Å². The summed E-state index contributed by atoms with van der Waals surface area (Å²) < 4.78 is 0. The number of hydrogen-bond acceptors (Lipinski definition) is 4. The number of carboxylic acid groups (broad SMARTS) is 1. The van der Waals surface area contributed by atoms with Gasteiger partial charge in [-0.2, -0.15) is 5.26 Å². The van der Waals surface area contributed by atoms with E-state index < -0.39 is 5.97 Å². The summed E-state index contributed by atoms with van der Waals surface area (Å²) in [7, 11) is 0. The third-order valence-corrected chi connectivity index (χ3v) is 2.68. The highest BCUT2D eigenvalue weighted by Gasteiger charge is 2.07. The summed E-state index contributed by atoms with van der Waals surface area (Å²) in [5.41, 5.74) is 1.45. The van der Waals surface area contributed by atoms with Gasteiger partial charge in [0.25, 0.3) is 0 Å². The normalized spacial score (nSPS) is 9.68. The molecule has 94 valence electrons. The van der Waals surface area contributed by atoms with Crippen LogP contribution in [0.15, 0.2) is 36.5 Å². The summed E-state index contributed by atoms with van der Waals surface area (Å²) in [5, 5.41) is 21.1. The first-order valence-corrected chi connectivity index (χ1v) is 5.64. The molecule has 2 aromatic rings. The molecule has 0 fully saturated rings. The Bertz CT molecular complexity index is 680. The summed E-state index contributed by atoms with van der Waals surface area (Å²) in [6, 6.07) is 9.79. The Morgan fingerprint density at radius 1 is 1.37 bits per heavy atom. The third-order valence-electron chi connectivity index (χ3n) is 2.35. The molecular weight excluding hydrogens is 266 g/mol. The Kier molecular flexibility index (Phi) is 3.64. The minimum Gasteiger partial charge on any atom is -0.477 e. The standard InChI is InChI=1S/C13H8ClN3O2/c14-10-2-1-8(7-15)5-11(10)17-9-3-4-16-12(6-9)13(18)19/h1-6H,(H,16,17)(H,18,19). The van der Waals surface area contributed by atoms with E-state index in [1.807, 2.05) is 6.07 Å². The Balaban J connectivity index is 2.33. The fraction of sp³-hybridized carbons (Fsp3) is 0. The van der Waals surface area contributed by atoms with Crippen LogP contribution in [0.2, 0.25) is 5.02 Å². The van der Waals surface area contributed by atoms with Crippen molar-refractivity contribution in [3.63, 3.8) is 0 Å². The van der Waals surface area contributed by atoms with Crippen molar-refractivity contribution in [3.8, 4) is 6.07 Å². The molecule has 0 aliphatic heterocycles. The van der Waals surface area contributed by atoms with Gasteiger partial charge in [-0.25, -0.2) is 9.78 Å². The second-order valence-corrected chi connectivity index (χ2v) is 4.07. The van der Waals surface area contributed by atoms with Gasteiger partial charge >= 0.3 is 5.97 Å². The van der Waals surface area contributed by atoms with Gasteiger partial charge in [-0.15, -0.1) is 0 Å². The molecule has 1 aromatic heterocycles. The van der Waals surface area contributed by atoms with Gasteiger partial charge in [0, 0.05) is 11.9 Å². The number of aromatic nitrogens is 1. The second kappa shape index (κ2) is 5.38. The van der Waals surface area contributed by atoms with Gasteiger partial charge in [0.05, 0.1) is 22.3 Å². The lowest BCUT2D eigenvalue weighted by Crippen LogP contribution is -2.01. The van der Waals surface area contributed by atoms with Gasteiger partial charge in [-0.05, 0) is 30.3 Å². The number of benzene rings is 1. The maximum Gasteiger partial charge on any atom is 0.354 e. The molecule has 0 unspecified atom stereocenters. The highest BCUT2D eigenvalue weighted by Crippen LogP contribution is 2.26. The quantitative estimate of drug-likeness (QED) is 0.897. The van der Waals surface area contributed by atoms with Crippen LogP contribution in [-0.2, 0) is 0 Å². The summed E-state index contributed by atoms with van der Waals surface area (Å²) in [6.07, 6.45) is 1.38. The summed E-state index contributed by atoms with van der Waals surface area (Å²) in [4.78, 5) is 14.5. The van der Waals surface area contributed by atoms with Gasteiger partial charge in [-0.1, -0.05) is 11.6 Å². The molecule has 0 spiro atoms. The van der Waals surface area contributed by atoms with Crippen LogP contribution in [0, 0.1) is 11.3 Å². The number of anilines is 2. The number of nitrogens with zero attached hydrogens (tertiary/aromatic N) is 2. The highest BCUT2D eigenvalue weighted by molar-refractivity contribution is 6.33. The Morgan fingerprint density at radius 2 is 2.16 bits per heavy atom. The Morgan fingerprint density at radius 3 is 2.84 bits per heavy atom. The average Bonchev–Trinajstić information content (AvgIpc) is 2.41. The number of carboxylic acids is 1. The van der Waals surface area contributed by atoms with E-state index in [9.17, 15) is 4.79 Å². The van der Waals surface area contributed by atoms with Crippen LogP contribution in [0.25, 0.3) is 0 Å². The van der Waals surface area contributed by atoms with E-state index in [0.717, 1.165) is 0 Å². The summed E-state index contributed by atoms with van der Waals surface area (Å²) in [6.45, 7) is 0. The molecule has 1 aromatic carbocycles. The maximum absolute atomic E-state index is 10.8. The molecule has 2 N–H and O–H groups in total. The van der Waals surface area contributed by atoms with Crippen LogP contribution in [0.4, 0.5) is 11.4 Å². The van der Waals surface area contributed by atoms with Crippen molar-refractivity contribution in [2.24, 2.45) is 0 Å². The summed E-state index contributed by atoms with van der Waals surface area (Å²) >= 11 is 6.00. The van der Waals surface area contributed by atoms with Crippen molar-refractivity contribution < 1.29 is 9.90 Å². The molecule has 0 amide bonds. The van der Waals surface area contributed by atoms with E-state index in [-0.39, 0.29) is 5.69 Å². The van der Waals surface area contributed by atoms with Gasteiger partial charge in [0.15, 0.2) is 0 Å². The van der Waals surface area contributed by atoms with Crippen LogP contribution in [0.3, 0.4) is 0 Å². The average molecular weight is 274 g/mol. The van der Waals surface area contributed by atoms with E-state index >= 15 is 0 Å². The molecule has 19 heavy (non-hydrogen) atoms. The molecule has 2 rings (SSSR count).